The van der Waals surface area contributed by atoms with Crippen LogP contribution in [0.4, 0.5) is 9.18 Å². The van der Waals surface area contributed by atoms with Gasteiger partial charge in [-0.15, -0.1) is 0 Å². The van der Waals surface area contributed by atoms with E-state index in [1.54, 1.807) is 19.4 Å². The summed E-state index contributed by atoms with van der Waals surface area (Å²) in [7, 11) is -2.99. The Kier molecular flexibility index (Phi) is 12.4. The summed E-state index contributed by atoms with van der Waals surface area (Å²) in [5.74, 6) is -0.400. The van der Waals surface area contributed by atoms with Crippen LogP contribution in [0.15, 0.2) is 42.6 Å². The van der Waals surface area contributed by atoms with Crippen LogP contribution < -0.4 is 25.2 Å². The normalized spacial score (nSPS) is 28.5. The third-order valence-electron chi connectivity index (χ3n) is 10.3. The molecule has 0 bridgehead atoms. The molecule has 4 N–H and O–H groups in total. The van der Waals surface area contributed by atoms with Crippen molar-refractivity contribution in [3.05, 3.63) is 42.6 Å². The van der Waals surface area contributed by atoms with Crippen molar-refractivity contribution in [1.82, 2.24) is 19.9 Å². The molecule has 6 rings (SSSR count). The van der Waals surface area contributed by atoms with Gasteiger partial charge in [0.15, 0.2) is 0 Å². The standard InChI is InChI=1S/C33H41FN4O7S.C5H11NO2.3H2/c1-20-6-4-5-7-23-18-33(23,31(41)37-46(42,43)32(34)11-12-32)36-29(40)27-17-25(19-38(27)28(39)15-21(2)14-20)45-30-26-9-8-24(44-3)16-22(26)10-13-35-30;1-4(2)3-8-5(6)7;;;/h5,7-10,13,16,20-21,23,25,27H,4,6,11-12,14-15,17-19H2,1-3H3,(H,36,40)(H,37,41);4H,3H2,1-2H3,(H2,6,7);3*1H/b7-5-;;;;/t20-,21-,23-,25-,27+,33-;;;;/m1..../s1. The highest BCUT2D eigenvalue weighted by Gasteiger charge is 2.64. The SMILES string of the molecule is CC(C)COC(N)=O.COc1ccc2c(O[C@@H]3C[C@H]4C(=O)N[C@]5(C(=O)NS(=O)(=O)C6(F)CC6)C[C@H]5/C=C\CC[C@@H](C)C[C@@H](C)CC(=O)N4C3)nccc2c1.[HH].[HH].[HH]. The van der Waals surface area contributed by atoms with E-state index in [9.17, 15) is 32.0 Å². The summed E-state index contributed by atoms with van der Waals surface area (Å²) in [5.41, 5.74) is 3.11. The molecule has 1 aromatic heterocycles. The van der Waals surface area contributed by atoms with Crippen molar-refractivity contribution >= 4 is 44.6 Å². The number of sulfonamides is 1. The second-order valence-electron chi connectivity index (χ2n) is 15.5. The molecule has 0 spiro atoms. The van der Waals surface area contributed by atoms with Crippen LogP contribution in [0.25, 0.3) is 10.8 Å². The largest absolute Gasteiger partial charge is 0.497 e. The summed E-state index contributed by atoms with van der Waals surface area (Å²) in [5, 5.41) is 1.93. The van der Waals surface area contributed by atoms with E-state index < -0.39 is 56.5 Å². The Morgan fingerprint density at radius 3 is 2.56 bits per heavy atom. The van der Waals surface area contributed by atoms with Crippen LogP contribution in [0.3, 0.4) is 0 Å². The van der Waals surface area contributed by atoms with E-state index in [1.807, 2.05) is 55.8 Å². The van der Waals surface area contributed by atoms with E-state index in [1.165, 1.54) is 4.90 Å². The number of alkyl halides is 1. The highest BCUT2D eigenvalue weighted by Crippen LogP contribution is 2.48. The van der Waals surface area contributed by atoms with E-state index in [-0.39, 0.29) is 54.8 Å². The van der Waals surface area contributed by atoms with Gasteiger partial charge >= 0.3 is 6.09 Å². The predicted octanol–water partition coefficient (Wildman–Crippen LogP) is 5.25. The zero-order valence-electron chi connectivity index (χ0n) is 31.5. The molecule has 2 aromatic rings. The number of ether oxygens (including phenoxy) is 3. The van der Waals surface area contributed by atoms with E-state index >= 15 is 0 Å². The van der Waals surface area contributed by atoms with E-state index in [0.717, 1.165) is 30.0 Å². The summed E-state index contributed by atoms with van der Waals surface area (Å²) < 4.78 is 57.8. The van der Waals surface area contributed by atoms with Gasteiger partial charge in [-0.05, 0) is 73.1 Å². The van der Waals surface area contributed by atoms with Crippen LogP contribution in [0.2, 0.25) is 0 Å². The number of amides is 4. The van der Waals surface area contributed by atoms with Gasteiger partial charge in [-0.25, -0.2) is 27.3 Å². The lowest BCUT2D eigenvalue weighted by Crippen LogP contribution is -2.57. The van der Waals surface area contributed by atoms with Crippen LogP contribution in [-0.2, 0) is 29.1 Å². The third kappa shape index (κ3) is 9.60. The fraction of sp³-hybridized carbons (Fsp3) is 0.605. The number of nitrogens with one attached hydrogen (secondary N) is 2. The average Bonchev–Trinajstić information content (AvgIpc) is 3.99. The number of primary amides is 1. The van der Waals surface area contributed by atoms with Crippen molar-refractivity contribution in [3.63, 3.8) is 0 Å². The first kappa shape index (κ1) is 40.7. The van der Waals surface area contributed by atoms with Gasteiger partial charge in [0, 0.05) is 47.5 Å². The number of benzene rings is 1. The van der Waals surface area contributed by atoms with Gasteiger partial charge in [0.05, 0.1) is 20.3 Å². The smallest absolute Gasteiger partial charge is 0.404 e. The van der Waals surface area contributed by atoms with Gasteiger partial charge in [-0.3, -0.25) is 14.4 Å². The Balaban J connectivity index is 0.000000924. The van der Waals surface area contributed by atoms with Crippen molar-refractivity contribution in [2.75, 3.05) is 20.3 Å². The summed E-state index contributed by atoms with van der Waals surface area (Å²) in [6.45, 7) is 8.61. The second kappa shape index (κ2) is 16.5. The number of nitrogens with two attached hydrogens (primary N) is 1. The quantitative estimate of drug-likeness (QED) is 0.298. The van der Waals surface area contributed by atoms with Gasteiger partial charge in [-0.1, -0.05) is 39.8 Å². The van der Waals surface area contributed by atoms with Crippen molar-refractivity contribution in [1.29, 1.82) is 0 Å². The number of methoxy groups -OCH3 is 1. The first-order chi connectivity index (χ1) is 25.5. The van der Waals surface area contributed by atoms with E-state index in [2.05, 4.69) is 27.7 Å². The van der Waals surface area contributed by atoms with Gasteiger partial charge in [-0.2, -0.15) is 0 Å². The molecular weight excluding hydrogens is 722 g/mol. The fourth-order valence-electron chi connectivity index (χ4n) is 7.06. The van der Waals surface area contributed by atoms with E-state index in [4.69, 9.17) is 9.47 Å². The number of hydrogen-bond donors (Lipinski definition) is 3. The number of hydrogen-bond acceptors (Lipinski definition) is 10. The molecule has 4 amide bonds. The average molecular weight is 780 g/mol. The first-order valence-corrected chi connectivity index (χ1v) is 20.0. The minimum absolute atomic E-state index is 0. The minimum Gasteiger partial charge on any atom is -0.497 e. The highest BCUT2D eigenvalue weighted by atomic mass is 32.2. The molecule has 0 unspecified atom stereocenters. The van der Waals surface area contributed by atoms with Gasteiger partial charge in [0.1, 0.15) is 23.4 Å². The molecule has 2 aliphatic carbocycles. The number of carbonyl (C=O) groups is 4. The van der Waals surface area contributed by atoms with Crippen LogP contribution in [0.5, 0.6) is 11.6 Å². The number of fused-ring (bicyclic) bond motifs is 3. The van der Waals surface area contributed by atoms with Crippen LogP contribution >= 0.6 is 0 Å². The van der Waals surface area contributed by atoms with Crippen LogP contribution in [-0.4, -0.2) is 85.1 Å². The molecule has 14 nitrogen and oxygen atoms in total. The molecule has 2 saturated carbocycles. The van der Waals surface area contributed by atoms with Crippen LogP contribution in [0, 0.1) is 23.7 Å². The Hall–Kier alpha value is -4.47. The molecule has 54 heavy (non-hydrogen) atoms. The van der Waals surface area contributed by atoms with E-state index in [0.29, 0.717) is 30.1 Å². The molecule has 3 fully saturated rings. The van der Waals surface area contributed by atoms with Gasteiger partial charge in [0.25, 0.3) is 15.9 Å². The van der Waals surface area contributed by atoms with Crippen molar-refractivity contribution in [2.45, 2.75) is 102 Å². The Morgan fingerprint density at radius 2 is 1.91 bits per heavy atom. The fourth-order valence-corrected chi connectivity index (χ4v) is 8.31. The first-order valence-electron chi connectivity index (χ1n) is 18.5. The molecule has 2 aliphatic heterocycles. The molecule has 4 aliphatic rings. The van der Waals surface area contributed by atoms with Crippen molar-refractivity contribution < 1.29 is 50.5 Å². The number of halogens is 1. The molecule has 1 saturated heterocycles. The Labute approximate surface area is 320 Å². The molecule has 1 aromatic carbocycles. The van der Waals surface area contributed by atoms with Crippen LogP contribution in [0.1, 0.15) is 83.3 Å². The maximum Gasteiger partial charge on any atom is 0.404 e. The maximum absolute atomic E-state index is 14.6. The third-order valence-corrected chi connectivity index (χ3v) is 12.1. The van der Waals surface area contributed by atoms with Crippen molar-refractivity contribution in [2.24, 2.45) is 29.4 Å². The molecule has 6 atom stereocenters. The highest BCUT2D eigenvalue weighted by molar-refractivity contribution is 7.91. The Morgan fingerprint density at radius 1 is 1.17 bits per heavy atom. The summed E-state index contributed by atoms with van der Waals surface area (Å²) in [4.78, 5) is 57.1. The minimum atomic E-state index is -4.58. The summed E-state index contributed by atoms with van der Waals surface area (Å²) in [6, 6.07) is 6.37. The maximum atomic E-state index is 14.6. The lowest BCUT2D eigenvalue weighted by atomic mass is 9.91. The molecule has 16 heteroatoms. The number of aromatic nitrogens is 1. The summed E-state index contributed by atoms with van der Waals surface area (Å²) >= 11 is 0. The lowest BCUT2D eigenvalue weighted by molar-refractivity contribution is -0.140. The molecule has 302 valence electrons. The lowest BCUT2D eigenvalue weighted by Gasteiger charge is -2.27. The van der Waals surface area contributed by atoms with Crippen molar-refractivity contribution in [3.8, 4) is 11.6 Å². The molecular formula is C38H58FN5O9S. The second-order valence-corrected chi connectivity index (χ2v) is 17.5. The molecule has 0 radical (unpaired) electrons. The number of pyridine rings is 1. The molecule has 3 heterocycles. The zero-order valence-corrected chi connectivity index (χ0v) is 32.3. The number of nitrogens with zero attached hydrogens (tertiary/aromatic N) is 2. The number of carbonyl (C=O) groups excluding carboxylic acids is 4. The topological polar surface area (TPSA) is 196 Å². The zero-order chi connectivity index (χ0) is 39.4. The number of allylic oxidation sites excluding steroid dienone is 1. The summed E-state index contributed by atoms with van der Waals surface area (Å²) in [6.07, 6.45) is 6.74. The van der Waals surface area contributed by atoms with Gasteiger partial charge < -0.3 is 30.2 Å². The monoisotopic (exact) mass is 779 g/mol. The predicted molar refractivity (Wildman–Crippen MR) is 205 cm³/mol. The van der Waals surface area contributed by atoms with Gasteiger partial charge in [0.2, 0.25) is 22.7 Å². The Bertz CT molecular complexity index is 1890. The number of rotatable bonds is 8.